The number of halogens is 1. The summed E-state index contributed by atoms with van der Waals surface area (Å²) in [4.78, 5) is 2.61. The van der Waals surface area contributed by atoms with Crippen LogP contribution in [0.4, 0.5) is 0 Å². The minimum atomic E-state index is 0.379. The highest BCUT2D eigenvalue weighted by Crippen LogP contribution is 2.34. The maximum Gasteiger partial charge on any atom is 0.0453 e. The molecule has 3 rings (SSSR count). The molecular weight excluding hydrogens is 268 g/mol. The van der Waals surface area contributed by atoms with Crippen LogP contribution in [0.15, 0.2) is 18.2 Å². The van der Waals surface area contributed by atoms with Gasteiger partial charge in [-0.25, -0.2) is 0 Å². The van der Waals surface area contributed by atoms with Crippen molar-refractivity contribution in [2.24, 2.45) is 0 Å². The highest BCUT2D eigenvalue weighted by atomic mass is 35.5. The Morgan fingerprint density at radius 1 is 1.35 bits per heavy atom. The minimum absolute atomic E-state index is 0.379. The van der Waals surface area contributed by atoms with E-state index < -0.39 is 0 Å². The third kappa shape index (κ3) is 2.88. The first-order valence-corrected chi connectivity index (χ1v) is 8.20. The van der Waals surface area contributed by atoms with Crippen LogP contribution in [0, 0.1) is 6.92 Å². The van der Waals surface area contributed by atoms with Crippen molar-refractivity contribution in [3.05, 3.63) is 34.3 Å². The molecule has 20 heavy (non-hydrogen) atoms. The van der Waals surface area contributed by atoms with Crippen molar-refractivity contribution < 1.29 is 0 Å². The Morgan fingerprint density at radius 2 is 2.10 bits per heavy atom. The minimum Gasteiger partial charge on any atom is -0.308 e. The van der Waals surface area contributed by atoms with Crippen molar-refractivity contribution in [1.82, 2.24) is 10.2 Å². The Morgan fingerprint density at radius 3 is 2.80 bits per heavy atom. The second-order valence-corrected chi connectivity index (χ2v) is 7.12. The molecule has 0 aromatic heterocycles. The quantitative estimate of drug-likeness (QED) is 0.893. The molecule has 1 aliphatic carbocycles. The molecule has 0 radical (unpaired) electrons. The van der Waals surface area contributed by atoms with Gasteiger partial charge in [-0.1, -0.05) is 36.6 Å². The zero-order valence-electron chi connectivity index (χ0n) is 12.6. The summed E-state index contributed by atoms with van der Waals surface area (Å²) in [5.74, 6) is 0. The van der Waals surface area contributed by atoms with Gasteiger partial charge in [0, 0.05) is 36.2 Å². The Hall–Kier alpha value is -0.570. The van der Waals surface area contributed by atoms with Gasteiger partial charge in [0.1, 0.15) is 0 Å². The van der Waals surface area contributed by atoms with Crippen LogP contribution in [-0.2, 0) is 6.54 Å². The summed E-state index contributed by atoms with van der Waals surface area (Å²) < 4.78 is 0. The first-order chi connectivity index (χ1) is 9.58. The Kier molecular flexibility index (Phi) is 4.07. The first kappa shape index (κ1) is 14.4. The third-order valence-electron chi connectivity index (χ3n) is 5.04. The molecule has 110 valence electrons. The summed E-state index contributed by atoms with van der Waals surface area (Å²) in [6, 6.07) is 7.01. The van der Waals surface area contributed by atoms with Gasteiger partial charge in [0.2, 0.25) is 0 Å². The van der Waals surface area contributed by atoms with E-state index in [-0.39, 0.29) is 0 Å². The van der Waals surface area contributed by atoms with Gasteiger partial charge < -0.3 is 5.32 Å². The lowest BCUT2D eigenvalue weighted by Crippen LogP contribution is -2.62. The molecule has 1 N–H and O–H groups in total. The summed E-state index contributed by atoms with van der Waals surface area (Å²) in [6.45, 7) is 7.65. The number of nitrogens with zero attached hydrogens (tertiary/aromatic N) is 1. The van der Waals surface area contributed by atoms with Gasteiger partial charge in [-0.15, -0.1) is 0 Å². The van der Waals surface area contributed by atoms with Gasteiger partial charge >= 0.3 is 0 Å². The van der Waals surface area contributed by atoms with Gasteiger partial charge in [-0.3, -0.25) is 4.90 Å². The molecule has 1 saturated carbocycles. The number of benzene rings is 1. The van der Waals surface area contributed by atoms with Crippen molar-refractivity contribution in [2.75, 3.05) is 13.1 Å². The molecule has 2 aliphatic rings. The molecule has 1 heterocycles. The zero-order chi connectivity index (χ0) is 14.2. The Balaban J connectivity index is 1.74. The standard InChI is InChI=1S/C17H25ClN2/c1-13-5-6-15(16(18)9-13)11-20-12-17(7-3-4-8-17)19-10-14(20)2/h5-6,9,14,19H,3-4,7-8,10-12H2,1-2H3. The molecule has 0 amide bonds. The first-order valence-electron chi connectivity index (χ1n) is 7.82. The van der Waals surface area contributed by atoms with Gasteiger partial charge in [0.25, 0.3) is 0 Å². The normalized spacial score (nSPS) is 26.2. The fourth-order valence-electron chi connectivity index (χ4n) is 3.69. The molecule has 1 aromatic rings. The number of nitrogens with one attached hydrogen (secondary N) is 1. The molecule has 3 heteroatoms. The molecule has 1 spiro atoms. The fourth-order valence-corrected chi connectivity index (χ4v) is 3.99. The van der Waals surface area contributed by atoms with Crippen molar-refractivity contribution >= 4 is 11.6 Å². The second kappa shape index (κ2) is 5.67. The maximum absolute atomic E-state index is 6.41. The van der Waals surface area contributed by atoms with Crippen LogP contribution in [0.1, 0.15) is 43.7 Å². The van der Waals surface area contributed by atoms with E-state index >= 15 is 0 Å². The van der Waals surface area contributed by atoms with Gasteiger partial charge in [-0.2, -0.15) is 0 Å². The number of piperazine rings is 1. The van der Waals surface area contributed by atoms with Crippen molar-refractivity contribution in [3.63, 3.8) is 0 Å². The predicted molar refractivity (Wildman–Crippen MR) is 85.3 cm³/mol. The van der Waals surface area contributed by atoms with E-state index in [4.69, 9.17) is 11.6 Å². The third-order valence-corrected chi connectivity index (χ3v) is 5.40. The van der Waals surface area contributed by atoms with E-state index in [2.05, 4.69) is 42.3 Å². The Labute approximate surface area is 127 Å². The van der Waals surface area contributed by atoms with Crippen LogP contribution in [0.25, 0.3) is 0 Å². The second-order valence-electron chi connectivity index (χ2n) is 6.72. The lowest BCUT2D eigenvalue weighted by molar-refractivity contribution is 0.0827. The molecular formula is C17H25ClN2. The van der Waals surface area contributed by atoms with Crippen LogP contribution in [0.3, 0.4) is 0 Å². The van der Waals surface area contributed by atoms with E-state index in [1.807, 2.05) is 0 Å². The predicted octanol–water partition coefficient (Wildman–Crippen LogP) is 3.75. The lowest BCUT2D eigenvalue weighted by Gasteiger charge is -2.45. The monoisotopic (exact) mass is 292 g/mol. The molecule has 1 aliphatic heterocycles. The number of hydrogen-bond acceptors (Lipinski definition) is 2. The van der Waals surface area contributed by atoms with Crippen LogP contribution >= 0.6 is 11.6 Å². The van der Waals surface area contributed by atoms with Gasteiger partial charge in [-0.05, 0) is 43.9 Å². The smallest absolute Gasteiger partial charge is 0.0453 e. The number of aryl methyl sites for hydroxylation is 1. The highest BCUT2D eigenvalue weighted by Gasteiger charge is 2.39. The zero-order valence-corrected chi connectivity index (χ0v) is 13.3. The SMILES string of the molecule is Cc1ccc(CN2CC3(CCCC3)NCC2C)c(Cl)c1. The van der Waals surface area contributed by atoms with Crippen LogP contribution in [0.5, 0.6) is 0 Å². The Bertz CT molecular complexity index is 480. The van der Waals surface area contributed by atoms with Crippen LogP contribution < -0.4 is 5.32 Å². The summed E-state index contributed by atoms with van der Waals surface area (Å²) in [6.07, 6.45) is 5.41. The molecule has 2 fully saturated rings. The summed E-state index contributed by atoms with van der Waals surface area (Å²) in [5, 5.41) is 4.72. The average Bonchev–Trinajstić information content (AvgIpc) is 2.86. The van der Waals surface area contributed by atoms with Gasteiger partial charge in [0.15, 0.2) is 0 Å². The summed E-state index contributed by atoms with van der Waals surface area (Å²) in [7, 11) is 0. The number of rotatable bonds is 2. The molecule has 1 saturated heterocycles. The average molecular weight is 293 g/mol. The van der Waals surface area contributed by atoms with E-state index in [9.17, 15) is 0 Å². The van der Waals surface area contributed by atoms with E-state index in [0.29, 0.717) is 11.6 Å². The van der Waals surface area contributed by atoms with E-state index in [1.165, 1.54) is 43.4 Å². The molecule has 0 bridgehead atoms. The van der Waals surface area contributed by atoms with Crippen LogP contribution in [-0.4, -0.2) is 29.6 Å². The van der Waals surface area contributed by atoms with E-state index in [1.54, 1.807) is 0 Å². The fraction of sp³-hybridized carbons (Fsp3) is 0.647. The molecule has 1 atom stereocenters. The number of hydrogen-bond donors (Lipinski definition) is 1. The van der Waals surface area contributed by atoms with Crippen molar-refractivity contribution in [3.8, 4) is 0 Å². The maximum atomic E-state index is 6.41. The van der Waals surface area contributed by atoms with Gasteiger partial charge in [0.05, 0.1) is 0 Å². The topological polar surface area (TPSA) is 15.3 Å². The molecule has 1 unspecified atom stereocenters. The highest BCUT2D eigenvalue weighted by molar-refractivity contribution is 6.31. The summed E-state index contributed by atoms with van der Waals surface area (Å²) in [5.41, 5.74) is 2.88. The van der Waals surface area contributed by atoms with E-state index in [0.717, 1.165) is 18.1 Å². The largest absolute Gasteiger partial charge is 0.308 e. The van der Waals surface area contributed by atoms with Crippen molar-refractivity contribution in [1.29, 1.82) is 0 Å². The van der Waals surface area contributed by atoms with Crippen LogP contribution in [0.2, 0.25) is 5.02 Å². The summed E-state index contributed by atoms with van der Waals surface area (Å²) >= 11 is 6.41. The molecule has 1 aromatic carbocycles. The van der Waals surface area contributed by atoms with Crippen molar-refractivity contribution in [2.45, 2.75) is 57.7 Å². The molecule has 2 nitrogen and oxygen atoms in total. The lowest BCUT2D eigenvalue weighted by atomic mass is 9.92.